The van der Waals surface area contributed by atoms with Crippen molar-refractivity contribution in [3.05, 3.63) is 77.4 Å². The van der Waals surface area contributed by atoms with Gasteiger partial charge in [0.25, 0.3) is 5.91 Å². The fourth-order valence-corrected chi connectivity index (χ4v) is 3.92. The van der Waals surface area contributed by atoms with E-state index in [1.807, 2.05) is 6.07 Å². The molecule has 3 N–H and O–H groups in total. The van der Waals surface area contributed by atoms with Crippen molar-refractivity contribution in [2.75, 3.05) is 11.1 Å². The minimum absolute atomic E-state index is 0.0863. The molecule has 1 heterocycles. The van der Waals surface area contributed by atoms with Crippen LogP contribution in [-0.2, 0) is 14.6 Å². The summed E-state index contributed by atoms with van der Waals surface area (Å²) in [5, 5.41) is 3.23. The summed E-state index contributed by atoms with van der Waals surface area (Å²) in [6.45, 7) is 0. The van der Waals surface area contributed by atoms with Crippen molar-refractivity contribution in [1.29, 1.82) is 0 Å². The predicted molar refractivity (Wildman–Crippen MR) is 110 cm³/mol. The number of carbonyl (C=O) groups excluding carboxylic acids is 2. The largest absolute Gasteiger partial charge is 0.369 e. The lowest BCUT2D eigenvalue weighted by atomic mass is 10.1. The molecule has 0 aliphatic carbocycles. The van der Waals surface area contributed by atoms with E-state index in [1.165, 1.54) is 24.3 Å². The minimum atomic E-state index is -3.83. The van der Waals surface area contributed by atoms with E-state index in [2.05, 4.69) is 10.3 Å². The second-order valence-corrected chi connectivity index (χ2v) is 8.51. The molecular weight excluding hydrogens is 414 g/mol. The summed E-state index contributed by atoms with van der Waals surface area (Å²) in [7, 11) is -3.83. The van der Waals surface area contributed by atoms with E-state index in [-0.39, 0.29) is 10.5 Å². The van der Waals surface area contributed by atoms with E-state index in [0.29, 0.717) is 22.0 Å². The lowest BCUT2D eigenvalue weighted by Crippen LogP contribution is -2.23. The van der Waals surface area contributed by atoms with Crippen LogP contribution in [0.4, 0.5) is 5.69 Å². The summed E-state index contributed by atoms with van der Waals surface area (Å²) < 4.78 is 24.0. The molecule has 2 aromatic carbocycles. The van der Waals surface area contributed by atoms with Gasteiger partial charge in [-0.05, 0) is 54.6 Å². The molecule has 0 aliphatic heterocycles. The van der Waals surface area contributed by atoms with Gasteiger partial charge in [0, 0.05) is 23.0 Å². The van der Waals surface area contributed by atoms with E-state index >= 15 is 0 Å². The standard InChI is InChI=1S/C20H16ClN3O4S/c21-17-9-6-14(11-16(17)18-3-1-2-10-23-18)24-20(26)13-4-7-15(8-5-13)29(27,28)12-19(22)25/h1-11H,12H2,(H2,22,25)(H,24,26). The van der Waals surface area contributed by atoms with E-state index in [9.17, 15) is 18.0 Å². The first-order valence-corrected chi connectivity index (χ1v) is 10.4. The number of anilines is 1. The van der Waals surface area contributed by atoms with Gasteiger partial charge in [0.05, 0.1) is 15.6 Å². The van der Waals surface area contributed by atoms with Crippen LogP contribution in [0.25, 0.3) is 11.3 Å². The molecule has 0 saturated carbocycles. The van der Waals surface area contributed by atoms with Gasteiger partial charge in [0.2, 0.25) is 5.91 Å². The van der Waals surface area contributed by atoms with Crippen LogP contribution in [0.1, 0.15) is 10.4 Å². The van der Waals surface area contributed by atoms with Gasteiger partial charge < -0.3 is 11.1 Å². The number of nitrogens with one attached hydrogen (secondary N) is 1. The third-order valence-electron chi connectivity index (χ3n) is 3.97. The zero-order valence-corrected chi connectivity index (χ0v) is 16.6. The fraction of sp³-hybridized carbons (Fsp3) is 0.0500. The number of hydrogen-bond acceptors (Lipinski definition) is 5. The third-order valence-corrected chi connectivity index (χ3v) is 5.96. The van der Waals surface area contributed by atoms with Gasteiger partial charge in [-0.15, -0.1) is 0 Å². The lowest BCUT2D eigenvalue weighted by Gasteiger charge is -2.10. The molecule has 0 spiro atoms. The van der Waals surface area contributed by atoms with E-state index in [4.69, 9.17) is 17.3 Å². The maximum Gasteiger partial charge on any atom is 0.255 e. The second kappa shape index (κ2) is 8.42. The highest BCUT2D eigenvalue weighted by Crippen LogP contribution is 2.29. The van der Waals surface area contributed by atoms with Crippen LogP contribution in [0.2, 0.25) is 5.02 Å². The third kappa shape index (κ3) is 4.98. The maximum atomic E-state index is 12.5. The molecule has 0 saturated heterocycles. The predicted octanol–water partition coefficient (Wildman–Crippen LogP) is 2.91. The van der Waals surface area contributed by atoms with Crippen LogP contribution in [-0.4, -0.2) is 31.0 Å². The summed E-state index contributed by atoms with van der Waals surface area (Å²) in [5.41, 5.74) is 7.03. The molecule has 0 atom stereocenters. The molecule has 3 rings (SSSR count). The molecular formula is C20H16ClN3O4S. The Morgan fingerprint density at radius 2 is 1.76 bits per heavy atom. The smallest absolute Gasteiger partial charge is 0.255 e. The van der Waals surface area contributed by atoms with E-state index in [0.717, 1.165) is 0 Å². The van der Waals surface area contributed by atoms with Crippen LogP contribution < -0.4 is 11.1 Å². The Hall–Kier alpha value is -3.23. The minimum Gasteiger partial charge on any atom is -0.369 e. The van der Waals surface area contributed by atoms with Crippen LogP contribution in [0.3, 0.4) is 0 Å². The molecule has 0 radical (unpaired) electrons. The summed E-state index contributed by atoms with van der Waals surface area (Å²) in [5.74, 6) is -2.17. The van der Waals surface area contributed by atoms with Crippen molar-refractivity contribution < 1.29 is 18.0 Å². The Morgan fingerprint density at radius 1 is 1.03 bits per heavy atom. The summed E-state index contributed by atoms with van der Waals surface area (Å²) in [6, 6.07) is 15.7. The van der Waals surface area contributed by atoms with Crippen molar-refractivity contribution in [3.8, 4) is 11.3 Å². The number of amides is 2. The molecule has 9 heteroatoms. The van der Waals surface area contributed by atoms with Crippen LogP contribution in [0.5, 0.6) is 0 Å². The number of rotatable bonds is 6. The summed E-state index contributed by atoms with van der Waals surface area (Å²) in [6.07, 6.45) is 1.64. The summed E-state index contributed by atoms with van der Waals surface area (Å²) >= 11 is 6.24. The number of nitrogens with zero attached hydrogens (tertiary/aromatic N) is 1. The molecule has 0 fully saturated rings. The van der Waals surface area contributed by atoms with Crippen molar-refractivity contribution in [3.63, 3.8) is 0 Å². The summed E-state index contributed by atoms with van der Waals surface area (Å²) in [4.78, 5) is 27.6. The molecule has 0 aliphatic rings. The fourth-order valence-electron chi connectivity index (χ4n) is 2.61. The normalized spacial score (nSPS) is 11.1. The molecule has 148 valence electrons. The molecule has 1 aromatic heterocycles. The number of carbonyl (C=O) groups is 2. The van der Waals surface area contributed by atoms with Gasteiger partial charge in [-0.2, -0.15) is 0 Å². The van der Waals surface area contributed by atoms with Gasteiger partial charge in [0.1, 0.15) is 5.75 Å². The number of halogens is 1. The topological polar surface area (TPSA) is 119 Å². The molecule has 2 amide bonds. The average Bonchev–Trinajstić information content (AvgIpc) is 2.69. The first kappa shape index (κ1) is 20.5. The lowest BCUT2D eigenvalue weighted by molar-refractivity contribution is -0.115. The number of hydrogen-bond donors (Lipinski definition) is 2. The highest BCUT2D eigenvalue weighted by molar-refractivity contribution is 7.92. The molecule has 0 unspecified atom stereocenters. The SMILES string of the molecule is NC(=O)CS(=O)(=O)c1ccc(C(=O)Nc2ccc(Cl)c(-c3ccccn3)c2)cc1. The van der Waals surface area contributed by atoms with Gasteiger partial charge in [0.15, 0.2) is 9.84 Å². The Balaban J connectivity index is 1.80. The Bertz CT molecular complexity index is 1160. The monoisotopic (exact) mass is 429 g/mol. The van der Waals surface area contributed by atoms with E-state index in [1.54, 1.807) is 36.5 Å². The van der Waals surface area contributed by atoms with Crippen molar-refractivity contribution in [2.24, 2.45) is 5.73 Å². The number of nitrogens with two attached hydrogens (primary N) is 1. The van der Waals surface area contributed by atoms with E-state index < -0.39 is 27.4 Å². The van der Waals surface area contributed by atoms with Gasteiger partial charge >= 0.3 is 0 Å². The number of benzene rings is 2. The Morgan fingerprint density at radius 3 is 2.38 bits per heavy atom. The highest BCUT2D eigenvalue weighted by atomic mass is 35.5. The number of primary amides is 1. The van der Waals surface area contributed by atoms with Crippen LogP contribution >= 0.6 is 11.6 Å². The molecule has 7 nitrogen and oxygen atoms in total. The number of pyridine rings is 1. The molecule has 3 aromatic rings. The second-order valence-electron chi connectivity index (χ2n) is 6.11. The molecule has 29 heavy (non-hydrogen) atoms. The van der Waals surface area contributed by atoms with Crippen molar-refractivity contribution in [1.82, 2.24) is 4.98 Å². The zero-order chi connectivity index (χ0) is 21.0. The van der Waals surface area contributed by atoms with Crippen molar-refractivity contribution >= 4 is 38.9 Å². The van der Waals surface area contributed by atoms with Gasteiger partial charge in [-0.25, -0.2) is 8.42 Å². The van der Waals surface area contributed by atoms with Crippen molar-refractivity contribution in [2.45, 2.75) is 4.90 Å². The maximum absolute atomic E-state index is 12.5. The first-order chi connectivity index (χ1) is 13.8. The quantitative estimate of drug-likeness (QED) is 0.624. The van der Waals surface area contributed by atoms with Crippen LogP contribution in [0, 0.1) is 0 Å². The number of aromatic nitrogens is 1. The van der Waals surface area contributed by atoms with Crippen LogP contribution in [0.15, 0.2) is 71.8 Å². The van der Waals surface area contributed by atoms with Gasteiger partial charge in [-0.3, -0.25) is 14.6 Å². The van der Waals surface area contributed by atoms with Gasteiger partial charge in [-0.1, -0.05) is 17.7 Å². The Kier molecular flexibility index (Phi) is 5.95. The first-order valence-electron chi connectivity index (χ1n) is 8.40. The Labute approximate surface area is 172 Å². The molecule has 0 bridgehead atoms. The highest BCUT2D eigenvalue weighted by Gasteiger charge is 2.18. The number of sulfone groups is 1. The average molecular weight is 430 g/mol. The zero-order valence-electron chi connectivity index (χ0n) is 15.0.